The lowest BCUT2D eigenvalue weighted by Crippen LogP contribution is -2.09. The van der Waals surface area contributed by atoms with Gasteiger partial charge in [0, 0.05) is 22.6 Å². The first-order valence-electron chi connectivity index (χ1n) is 16.5. The summed E-state index contributed by atoms with van der Waals surface area (Å²) < 4.78 is 13.1. The van der Waals surface area contributed by atoms with Crippen molar-refractivity contribution in [3.63, 3.8) is 0 Å². The highest BCUT2D eigenvalue weighted by Crippen LogP contribution is 2.49. The number of anilines is 3. The van der Waals surface area contributed by atoms with Gasteiger partial charge in [-0.3, -0.25) is 0 Å². The molecule has 3 nitrogen and oxygen atoms in total. The van der Waals surface area contributed by atoms with Crippen LogP contribution in [0.25, 0.3) is 44.2 Å². The van der Waals surface area contributed by atoms with E-state index >= 15 is 0 Å². The minimum absolute atomic E-state index is 0.698. The van der Waals surface area contributed by atoms with E-state index in [1.165, 1.54) is 22.3 Å². The van der Waals surface area contributed by atoms with Gasteiger partial charge in [-0.05, 0) is 87.8 Å². The van der Waals surface area contributed by atoms with E-state index in [1.54, 1.807) is 0 Å². The second kappa shape index (κ2) is 12.2. The maximum atomic E-state index is 6.64. The molecule has 0 radical (unpaired) electrons. The quantitative estimate of drug-likeness (QED) is 0.183. The van der Waals surface area contributed by atoms with Crippen molar-refractivity contribution in [3.8, 4) is 56.4 Å². The minimum Gasteiger partial charge on any atom is -0.453 e. The zero-order chi connectivity index (χ0) is 32.6. The van der Waals surface area contributed by atoms with E-state index in [2.05, 4.69) is 144 Å². The molecule has 0 N–H and O–H groups in total. The van der Waals surface area contributed by atoms with Gasteiger partial charge in [0.1, 0.15) is 11.5 Å². The Morgan fingerprint density at radius 3 is 1.27 bits per heavy atom. The maximum absolute atomic E-state index is 6.64. The highest BCUT2D eigenvalue weighted by Gasteiger charge is 2.22. The van der Waals surface area contributed by atoms with Crippen LogP contribution in [-0.2, 0) is 0 Å². The Labute approximate surface area is 285 Å². The number of hydrogen-bond acceptors (Lipinski definition) is 3. The van der Waals surface area contributed by atoms with Gasteiger partial charge in [-0.2, -0.15) is 0 Å². The van der Waals surface area contributed by atoms with Gasteiger partial charge in [0.15, 0.2) is 11.5 Å². The van der Waals surface area contributed by atoms with Crippen LogP contribution in [0.4, 0.5) is 17.1 Å². The van der Waals surface area contributed by atoms with Gasteiger partial charge in [0.25, 0.3) is 0 Å². The number of hydrogen-bond donors (Lipinski definition) is 0. The molecule has 0 aromatic heterocycles. The van der Waals surface area contributed by atoms with Gasteiger partial charge >= 0.3 is 0 Å². The summed E-state index contributed by atoms with van der Waals surface area (Å²) in [5.41, 5.74) is 10.00. The summed E-state index contributed by atoms with van der Waals surface area (Å²) in [5.74, 6) is 3.00. The lowest BCUT2D eigenvalue weighted by molar-refractivity contribution is 0.440. The standard InChI is InChI=1S/C46H31NO2/c1-3-10-32(11-4-1)34-20-26-38(27-21-34)47(39-28-22-35(23-29-39)33-12-5-2-6-13-33)40-30-24-36(25-31-40)41-16-9-19-44-46(41)49-43-18-8-15-37-14-7-17-42(48-44)45(37)43/h1-31H. The topological polar surface area (TPSA) is 21.7 Å². The fourth-order valence-corrected chi connectivity index (χ4v) is 6.70. The van der Waals surface area contributed by atoms with Crippen LogP contribution >= 0.6 is 0 Å². The van der Waals surface area contributed by atoms with Crippen LogP contribution in [0, 0.1) is 0 Å². The SMILES string of the molecule is c1ccc(-c2ccc(N(c3ccc(-c4ccccc4)cc3)c3ccc(-c4cccc5c4Oc4cccc6cccc(c46)O5)cc3)cc2)cc1. The molecule has 0 atom stereocenters. The smallest absolute Gasteiger partial charge is 0.177 e. The summed E-state index contributed by atoms with van der Waals surface area (Å²) in [4.78, 5) is 2.30. The summed E-state index contributed by atoms with van der Waals surface area (Å²) in [6.45, 7) is 0. The maximum Gasteiger partial charge on any atom is 0.177 e. The lowest BCUT2D eigenvalue weighted by Gasteiger charge is -2.26. The average Bonchev–Trinajstić information content (AvgIpc) is 3.34. The van der Waals surface area contributed by atoms with Crippen molar-refractivity contribution in [2.75, 3.05) is 4.90 Å². The molecule has 0 unspecified atom stereocenters. The molecule has 8 aromatic carbocycles. The number of para-hydroxylation sites is 1. The molecular formula is C46H31NO2. The number of fused-ring (bicyclic) bond motifs is 1. The molecule has 3 heteroatoms. The number of benzene rings is 8. The molecule has 49 heavy (non-hydrogen) atoms. The minimum atomic E-state index is 0.698. The summed E-state index contributed by atoms with van der Waals surface area (Å²) in [5, 5.41) is 2.07. The van der Waals surface area contributed by atoms with Gasteiger partial charge in [-0.1, -0.05) is 133 Å². The van der Waals surface area contributed by atoms with Gasteiger partial charge in [0.05, 0.1) is 5.39 Å². The summed E-state index contributed by atoms with van der Waals surface area (Å²) >= 11 is 0. The third-order valence-corrected chi connectivity index (χ3v) is 9.14. The zero-order valence-corrected chi connectivity index (χ0v) is 26.7. The molecule has 1 heterocycles. The summed E-state index contributed by atoms with van der Waals surface area (Å²) in [7, 11) is 0. The van der Waals surface area contributed by atoms with Gasteiger partial charge < -0.3 is 14.4 Å². The molecule has 8 aromatic rings. The van der Waals surface area contributed by atoms with Gasteiger partial charge in [-0.25, -0.2) is 0 Å². The Bertz CT molecular complexity index is 2310. The van der Waals surface area contributed by atoms with E-state index in [0.29, 0.717) is 11.5 Å². The van der Waals surface area contributed by atoms with Crippen LogP contribution in [0.3, 0.4) is 0 Å². The molecule has 0 amide bonds. The van der Waals surface area contributed by atoms with E-state index in [9.17, 15) is 0 Å². The highest BCUT2D eigenvalue weighted by atomic mass is 16.5. The molecule has 0 bridgehead atoms. The summed E-state index contributed by atoms with van der Waals surface area (Å²) in [6.07, 6.45) is 0. The van der Waals surface area contributed by atoms with E-state index in [-0.39, 0.29) is 0 Å². The highest BCUT2D eigenvalue weighted by molar-refractivity contribution is 5.95. The first-order valence-corrected chi connectivity index (χ1v) is 16.5. The Kier molecular flexibility index (Phi) is 7.14. The van der Waals surface area contributed by atoms with Crippen molar-refractivity contribution >= 4 is 27.8 Å². The Hall–Kier alpha value is -6.58. The largest absolute Gasteiger partial charge is 0.453 e. The van der Waals surface area contributed by atoms with E-state index in [0.717, 1.165) is 50.5 Å². The monoisotopic (exact) mass is 629 g/mol. The first-order chi connectivity index (χ1) is 24.3. The van der Waals surface area contributed by atoms with Crippen LogP contribution in [0.1, 0.15) is 0 Å². The molecule has 0 saturated heterocycles. The molecule has 232 valence electrons. The Morgan fingerprint density at radius 2 is 0.735 bits per heavy atom. The van der Waals surface area contributed by atoms with Crippen LogP contribution < -0.4 is 14.4 Å². The van der Waals surface area contributed by atoms with Crippen molar-refractivity contribution in [1.82, 2.24) is 0 Å². The van der Waals surface area contributed by atoms with Crippen molar-refractivity contribution < 1.29 is 9.47 Å². The molecule has 0 aliphatic carbocycles. The van der Waals surface area contributed by atoms with Gasteiger partial charge in [0.2, 0.25) is 0 Å². The number of rotatable bonds is 6. The van der Waals surface area contributed by atoms with E-state index in [4.69, 9.17) is 9.47 Å². The number of ether oxygens (including phenoxy) is 2. The van der Waals surface area contributed by atoms with Crippen LogP contribution in [-0.4, -0.2) is 0 Å². The normalized spacial score (nSPS) is 11.6. The van der Waals surface area contributed by atoms with Crippen LogP contribution in [0.5, 0.6) is 23.0 Å². The predicted octanol–water partition coefficient (Wildman–Crippen LogP) is 13.2. The second-order valence-electron chi connectivity index (χ2n) is 12.2. The van der Waals surface area contributed by atoms with Crippen molar-refractivity contribution in [2.24, 2.45) is 0 Å². The Morgan fingerprint density at radius 1 is 0.306 bits per heavy atom. The fourth-order valence-electron chi connectivity index (χ4n) is 6.70. The van der Waals surface area contributed by atoms with Crippen molar-refractivity contribution in [3.05, 3.63) is 188 Å². The Balaban J connectivity index is 1.10. The van der Waals surface area contributed by atoms with Crippen molar-refractivity contribution in [2.45, 2.75) is 0 Å². The summed E-state index contributed by atoms with van der Waals surface area (Å²) in [6, 6.07) is 65.5. The van der Waals surface area contributed by atoms with E-state index in [1.807, 2.05) is 48.5 Å². The van der Waals surface area contributed by atoms with E-state index < -0.39 is 0 Å². The molecule has 1 aliphatic rings. The molecule has 0 fully saturated rings. The van der Waals surface area contributed by atoms with Gasteiger partial charge in [-0.15, -0.1) is 0 Å². The first kappa shape index (κ1) is 28.6. The average molecular weight is 630 g/mol. The molecule has 0 spiro atoms. The third kappa shape index (κ3) is 5.38. The fraction of sp³-hybridized carbons (Fsp3) is 0. The predicted molar refractivity (Wildman–Crippen MR) is 202 cm³/mol. The molecule has 0 saturated carbocycles. The zero-order valence-electron chi connectivity index (χ0n) is 26.7. The molecular weight excluding hydrogens is 599 g/mol. The van der Waals surface area contributed by atoms with Crippen LogP contribution in [0.15, 0.2) is 188 Å². The second-order valence-corrected chi connectivity index (χ2v) is 12.2. The number of nitrogens with zero attached hydrogens (tertiary/aromatic N) is 1. The molecule has 9 rings (SSSR count). The lowest BCUT2D eigenvalue weighted by atomic mass is 10.0. The van der Waals surface area contributed by atoms with Crippen LogP contribution in [0.2, 0.25) is 0 Å². The van der Waals surface area contributed by atoms with Crippen molar-refractivity contribution in [1.29, 1.82) is 0 Å². The molecule has 1 aliphatic heterocycles. The third-order valence-electron chi connectivity index (χ3n) is 9.14.